The largest absolute Gasteiger partial charge is 0.484 e. The molecule has 0 saturated carbocycles. The van der Waals surface area contributed by atoms with E-state index < -0.39 is 40.9 Å². The molecule has 1 aromatic carbocycles. The van der Waals surface area contributed by atoms with Crippen molar-refractivity contribution in [1.29, 1.82) is 0 Å². The van der Waals surface area contributed by atoms with Crippen LogP contribution >= 0.6 is 0 Å². The van der Waals surface area contributed by atoms with Crippen molar-refractivity contribution in [3.05, 3.63) is 51.2 Å². The summed E-state index contributed by atoms with van der Waals surface area (Å²) in [6.45, 7) is 0.814. The van der Waals surface area contributed by atoms with E-state index in [9.17, 15) is 24.3 Å². The highest BCUT2D eigenvalue weighted by atomic mass is 16.4. The van der Waals surface area contributed by atoms with Gasteiger partial charge in [0, 0.05) is 24.3 Å². The number of fused-ring (bicyclic) bond motifs is 1. The number of nitrogens with two attached hydrogens (primary N) is 1. The molecule has 36 heavy (non-hydrogen) atoms. The number of carbonyl (C=O) groups excluding carboxylic acids is 1. The number of amides is 1. The van der Waals surface area contributed by atoms with Crippen LogP contribution in [0.2, 0.25) is 0 Å². The lowest BCUT2D eigenvalue weighted by molar-refractivity contribution is -0.138. The summed E-state index contributed by atoms with van der Waals surface area (Å²) in [6.07, 6.45) is 0. The van der Waals surface area contributed by atoms with Crippen molar-refractivity contribution in [1.82, 2.24) is 15.3 Å². The van der Waals surface area contributed by atoms with Crippen LogP contribution in [0.4, 0.5) is 23.1 Å². The number of H-pyrrole nitrogens is 1. The predicted molar refractivity (Wildman–Crippen MR) is 124 cm³/mol. The molecule has 9 N–H and O–H groups in total. The van der Waals surface area contributed by atoms with Gasteiger partial charge in [0.15, 0.2) is 5.82 Å². The predicted octanol–water partition coefficient (Wildman–Crippen LogP) is -1.72. The van der Waals surface area contributed by atoms with Gasteiger partial charge < -0.3 is 48.3 Å². The molecule has 186 valence electrons. The number of rotatable bonds is 9. The number of aromatic amines is 1. The molecule has 0 radical (unpaired) electrons. The van der Waals surface area contributed by atoms with Gasteiger partial charge >= 0.3 is 23.4 Å². The van der Waals surface area contributed by atoms with Crippen LogP contribution in [-0.2, 0) is 9.59 Å². The Morgan fingerprint density at radius 1 is 1.19 bits per heavy atom. The summed E-state index contributed by atoms with van der Waals surface area (Å²) < 4.78 is 0. The first-order valence-electron chi connectivity index (χ1n) is 10.1. The lowest BCUT2D eigenvalue weighted by Gasteiger charge is -2.27. The summed E-state index contributed by atoms with van der Waals surface area (Å²) in [7, 11) is 0. The molecule has 1 aliphatic rings. The number of nitrogen functional groups attached to an aromatic ring is 1. The van der Waals surface area contributed by atoms with E-state index in [1.54, 1.807) is 0 Å². The van der Waals surface area contributed by atoms with E-state index in [1.807, 2.05) is 5.32 Å². The second-order valence-electron chi connectivity index (χ2n) is 7.34. The van der Waals surface area contributed by atoms with Gasteiger partial charge in [-0.1, -0.05) is 0 Å². The molecule has 0 bridgehead atoms. The summed E-state index contributed by atoms with van der Waals surface area (Å²) in [4.78, 5) is 58.5. The second kappa shape index (κ2) is 10.6. The van der Waals surface area contributed by atoms with Gasteiger partial charge in [-0.15, -0.1) is 4.79 Å². The number of carbonyl (C=O) groups is 3. The normalized spacial score (nSPS) is 14.4. The van der Waals surface area contributed by atoms with E-state index in [4.69, 9.17) is 21.9 Å². The van der Waals surface area contributed by atoms with Crippen molar-refractivity contribution in [2.75, 3.05) is 34.8 Å². The number of hydrogen-bond donors (Lipinski definition) is 8. The third-order valence-electron chi connectivity index (χ3n) is 4.95. The number of hydrogen-bond acceptors (Lipinski definition) is 9. The molecule has 0 aliphatic carbocycles. The third-order valence-corrected chi connectivity index (χ3v) is 4.95. The van der Waals surface area contributed by atoms with Gasteiger partial charge in [-0.2, -0.15) is 9.77 Å². The fourth-order valence-corrected chi connectivity index (χ4v) is 3.24. The molecule has 3 rings (SSSR count). The van der Waals surface area contributed by atoms with Crippen LogP contribution in [0.1, 0.15) is 10.4 Å². The van der Waals surface area contributed by atoms with Gasteiger partial charge in [0.1, 0.15) is 5.69 Å². The first-order valence-corrected chi connectivity index (χ1v) is 10.1. The number of carboxylic acid groups (broad SMARTS) is 2. The Kier molecular flexibility index (Phi) is 7.39. The molecule has 1 aromatic heterocycles. The molecule has 0 saturated heterocycles. The lowest BCUT2D eigenvalue weighted by Crippen LogP contribution is -2.51. The molecular weight excluding hydrogens is 478 g/mol. The van der Waals surface area contributed by atoms with E-state index in [0.717, 1.165) is 0 Å². The molecule has 2 heterocycles. The van der Waals surface area contributed by atoms with E-state index in [-0.39, 0.29) is 23.2 Å². The fourth-order valence-electron chi connectivity index (χ4n) is 3.24. The molecule has 17 nitrogen and oxygen atoms in total. The zero-order chi connectivity index (χ0) is 26.4. The Morgan fingerprint density at radius 2 is 1.89 bits per heavy atom. The number of aromatic nitrogens is 2. The summed E-state index contributed by atoms with van der Waals surface area (Å²) >= 11 is 0. The minimum absolute atomic E-state index is 0.00323. The summed E-state index contributed by atoms with van der Waals surface area (Å²) in [5.74, 6) is -4.23. The molecule has 17 heteroatoms. The number of anilines is 4. The number of carboxylic acids is 2. The first-order chi connectivity index (χ1) is 17.1. The summed E-state index contributed by atoms with van der Waals surface area (Å²) in [5.41, 5.74) is 21.4. The average Bonchev–Trinajstić information content (AvgIpc) is 2.84. The highest BCUT2D eigenvalue weighted by Gasteiger charge is 2.46. The average molecular weight is 497 g/mol. The van der Waals surface area contributed by atoms with Crippen molar-refractivity contribution >= 4 is 52.4 Å². The number of nitrogens with one attached hydrogen (secondary N) is 5. The van der Waals surface area contributed by atoms with Crippen LogP contribution < -0.4 is 32.6 Å². The van der Waals surface area contributed by atoms with Crippen LogP contribution in [0.5, 0.6) is 0 Å². The third kappa shape index (κ3) is 5.51. The van der Waals surface area contributed by atoms with E-state index in [2.05, 4.69) is 35.5 Å². The Balaban J connectivity index is 1.64. The Morgan fingerprint density at radius 3 is 2.47 bits per heavy atom. The molecule has 1 amide bonds. The van der Waals surface area contributed by atoms with Gasteiger partial charge in [-0.25, -0.2) is 9.59 Å². The lowest BCUT2D eigenvalue weighted by atomic mass is 10.1. The molecule has 2 unspecified atom stereocenters. The van der Waals surface area contributed by atoms with E-state index >= 15 is 0 Å². The van der Waals surface area contributed by atoms with Crippen molar-refractivity contribution < 1.29 is 34.2 Å². The number of benzene rings is 1. The fraction of sp³-hybridized carbons (Fsp3) is 0.211. The summed E-state index contributed by atoms with van der Waals surface area (Å²) in [6, 6.07) is 3.47. The van der Waals surface area contributed by atoms with Crippen LogP contribution in [0, 0.1) is 0 Å². The van der Waals surface area contributed by atoms with Gasteiger partial charge in [0.25, 0.3) is 11.5 Å². The molecule has 0 spiro atoms. The Labute approximate surface area is 200 Å². The highest BCUT2D eigenvalue weighted by molar-refractivity contribution is 6.64. The van der Waals surface area contributed by atoms with Crippen LogP contribution in [0.25, 0.3) is 11.1 Å². The summed E-state index contributed by atoms with van der Waals surface area (Å²) in [5, 5.41) is 29.5. The SMILES string of the molecule is [N-]=[N+]=C(C(=O)O)C(=[N+]=[N-])C(NC(=O)c1ccc(NCC2CNc3nc(N)[nH]c(=O)c3N2)cc1)C(=O)O. The minimum atomic E-state index is -2.12. The van der Waals surface area contributed by atoms with Gasteiger partial charge in [-0.05, 0) is 24.3 Å². The quantitative estimate of drug-likeness (QED) is 0.109. The number of nitrogens with zero attached hydrogens (tertiary/aromatic N) is 5. The Hall–Kier alpha value is -5.53. The first kappa shape index (κ1) is 25.1. The van der Waals surface area contributed by atoms with Crippen molar-refractivity contribution in [3.63, 3.8) is 0 Å². The van der Waals surface area contributed by atoms with Crippen molar-refractivity contribution in [2.45, 2.75) is 12.1 Å². The zero-order valence-corrected chi connectivity index (χ0v) is 18.2. The van der Waals surface area contributed by atoms with Gasteiger partial charge in [0.05, 0.1) is 6.04 Å². The zero-order valence-electron chi connectivity index (χ0n) is 18.2. The van der Waals surface area contributed by atoms with E-state index in [1.165, 1.54) is 24.3 Å². The maximum Gasteiger partial charge on any atom is 0.484 e. The van der Waals surface area contributed by atoms with Gasteiger partial charge in [0.2, 0.25) is 12.0 Å². The molecule has 1 aliphatic heterocycles. The highest BCUT2D eigenvalue weighted by Crippen LogP contribution is 2.20. The maximum atomic E-state index is 12.5. The van der Waals surface area contributed by atoms with Crippen LogP contribution in [0.3, 0.4) is 0 Å². The minimum Gasteiger partial charge on any atom is -0.479 e. The Bertz CT molecular complexity index is 1370. The monoisotopic (exact) mass is 497 g/mol. The molecular formula is C19H19N11O6. The second-order valence-corrected chi connectivity index (χ2v) is 7.34. The van der Waals surface area contributed by atoms with Crippen LogP contribution in [-0.4, -0.2) is 84.2 Å². The molecule has 2 atom stereocenters. The van der Waals surface area contributed by atoms with Crippen LogP contribution in [0.15, 0.2) is 29.1 Å². The topological polar surface area (TPSA) is 284 Å². The van der Waals surface area contributed by atoms with Crippen molar-refractivity contribution in [3.8, 4) is 0 Å². The van der Waals surface area contributed by atoms with E-state index in [0.29, 0.717) is 24.6 Å². The molecule has 2 aromatic rings. The standard InChI is InChI=1S/C19H19N11O6/c20-19-27-14-13(16(32)28-19)25-9(6-24-14)5-23-8-3-1-7(2-4-8)15(31)26-11(17(33)34)10(29-21)12(30-22)18(35)36/h1-4,9,11,23,25H,5-6H2,(H,26,31)(H,33,34)(H,35,36)(H4,20,24,27,28,32). The maximum absolute atomic E-state index is 12.5. The van der Waals surface area contributed by atoms with Gasteiger partial charge in [-0.3, -0.25) is 14.6 Å². The smallest absolute Gasteiger partial charge is 0.479 e. The number of aliphatic carboxylic acids is 2. The molecule has 0 fully saturated rings. The van der Waals surface area contributed by atoms with Crippen molar-refractivity contribution in [2.24, 2.45) is 0 Å².